The molecule has 0 aromatic heterocycles. The van der Waals surface area contributed by atoms with E-state index in [1.807, 2.05) is 17.0 Å². The average molecular weight is 371 g/mol. The van der Waals surface area contributed by atoms with Crippen molar-refractivity contribution in [3.63, 3.8) is 0 Å². The molecule has 1 saturated heterocycles. The first-order valence-electron chi connectivity index (χ1n) is 8.96. The van der Waals surface area contributed by atoms with Crippen LogP contribution in [0.2, 0.25) is 0 Å². The zero-order valence-corrected chi connectivity index (χ0v) is 16.5. The van der Waals surface area contributed by atoms with Crippen LogP contribution in [0.25, 0.3) is 0 Å². The molecular weight excluding hydrogens is 344 g/mol. The first-order valence-corrected chi connectivity index (χ1v) is 9.95. The van der Waals surface area contributed by atoms with Gasteiger partial charge in [0.05, 0.1) is 5.75 Å². The second-order valence-corrected chi connectivity index (χ2v) is 7.89. The van der Waals surface area contributed by atoms with Crippen molar-refractivity contribution in [2.75, 3.05) is 36.8 Å². The van der Waals surface area contributed by atoms with Gasteiger partial charge in [-0.05, 0) is 56.2 Å². The van der Waals surface area contributed by atoms with Gasteiger partial charge in [0, 0.05) is 36.8 Å². The SMILES string of the molecule is Cc1cc(C)c(SCC(=O)N2CCN(c3ccc(O)cc3)CC2)c(C)c1. The normalized spacial score (nSPS) is 14.6. The van der Waals surface area contributed by atoms with E-state index >= 15 is 0 Å². The molecule has 2 aromatic rings. The van der Waals surface area contributed by atoms with Gasteiger partial charge >= 0.3 is 0 Å². The molecule has 1 aliphatic heterocycles. The monoisotopic (exact) mass is 370 g/mol. The zero-order chi connectivity index (χ0) is 18.7. The van der Waals surface area contributed by atoms with Crippen molar-refractivity contribution < 1.29 is 9.90 Å². The Morgan fingerprint density at radius 3 is 2.15 bits per heavy atom. The second kappa shape index (κ2) is 8.04. The smallest absolute Gasteiger partial charge is 0.233 e. The summed E-state index contributed by atoms with van der Waals surface area (Å²) in [6.45, 7) is 9.46. The van der Waals surface area contributed by atoms with Crippen LogP contribution in [0.3, 0.4) is 0 Å². The number of phenols is 1. The van der Waals surface area contributed by atoms with Crippen LogP contribution in [-0.4, -0.2) is 47.8 Å². The fourth-order valence-electron chi connectivity index (χ4n) is 3.50. The van der Waals surface area contributed by atoms with E-state index in [0.29, 0.717) is 5.75 Å². The zero-order valence-electron chi connectivity index (χ0n) is 15.7. The number of rotatable bonds is 4. The van der Waals surface area contributed by atoms with Crippen LogP contribution in [0.5, 0.6) is 5.75 Å². The third-order valence-corrected chi connectivity index (χ3v) is 6.12. The molecule has 0 atom stereocenters. The molecule has 1 heterocycles. The van der Waals surface area contributed by atoms with Crippen LogP contribution in [0.4, 0.5) is 5.69 Å². The van der Waals surface area contributed by atoms with Gasteiger partial charge < -0.3 is 14.9 Å². The lowest BCUT2D eigenvalue weighted by molar-refractivity contribution is -0.128. The van der Waals surface area contributed by atoms with Gasteiger partial charge in [0.1, 0.15) is 5.75 Å². The highest BCUT2D eigenvalue weighted by Crippen LogP contribution is 2.28. The molecule has 1 amide bonds. The third kappa shape index (κ3) is 4.33. The first kappa shape index (κ1) is 18.6. The van der Waals surface area contributed by atoms with Crippen LogP contribution in [-0.2, 0) is 4.79 Å². The van der Waals surface area contributed by atoms with Crippen molar-refractivity contribution in [3.8, 4) is 5.75 Å². The lowest BCUT2D eigenvalue weighted by Crippen LogP contribution is -2.49. The van der Waals surface area contributed by atoms with Crippen molar-refractivity contribution >= 4 is 23.4 Å². The van der Waals surface area contributed by atoms with Crippen LogP contribution < -0.4 is 4.90 Å². The quantitative estimate of drug-likeness (QED) is 0.833. The molecule has 0 aliphatic carbocycles. The van der Waals surface area contributed by atoms with Crippen molar-refractivity contribution in [2.24, 2.45) is 0 Å². The molecule has 2 aromatic carbocycles. The number of nitrogens with zero attached hydrogens (tertiary/aromatic N) is 2. The molecule has 1 N–H and O–H groups in total. The fraction of sp³-hybridized carbons (Fsp3) is 0.381. The van der Waals surface area contributed by atoms with Crippen molar-refractivity contribution in [1.29, 1.82) is 0 Å². The summed E-state index contributed by atoms with van der Waals surface area (Å²) in [6.07, 6.45) is 0. The molecule has 0 radical (unpaired) electrons. The molecule has 1 fully saturated rings. The van der Waals surface area contributed by atoms with Crippen molar-refractivity contribution in [1.82, 2.24) is 4.90 Å². The maximum absolute atomic E-state index is 12.6. The molecule has 0 saturated carbocycles. The number of thioether (sulfide) groups is 1. The Labute approximate surface area is 159 Å². The molecule has 5 heteroatoms. The van der Waals surface area contributed by atoms with Gasteiger partial charge in [0.25, 0.3) is 0 Å². The van der Waals surface area contributed by atoms with Crippen LogP contribution >= 0.6 is 11.8 Å². The Bertz CT molecular complexity index is 758. The summed E-state index contributed by atoms with van der Waals surface area (Å²) in [6, 6.07) is 11.6. The molecule has 138 valence electrons. The number of piperazine rings is 1. The molecule has 26 heavy (non-hydrogen) atoms. The third-order valence-electron chi connectivity index (χ3n) is 4.79. The van der Waals surface area contributed by atoms with Gasteiger partial charge in [-0.2, -0.15) is 0 Å². The Kier molecular flexibility index (Phi) is 5.77. The summed E-state index contributed by atoms with van der Waals surface area (Å²) >= 11 is 1.65. The number of hydrogen-bond donors (Lipinski definition) is 1. The molecule has 0 bridgehead atoms. The van der Waals surface area contributed by atoms with E-state index in [2.05, 4.69) is 37.8 Å². The maximum Gasteiger partial charge on any atom is 0.233 e. The fourth-order valence-corrected chi connectivity index (χ4v) is 4.52. The molecule has 0 spiro atoms. The summed E-state index contributed by atoms with van der Waals surface area (Å²) in [5, 5.41) is 9.40. The Hall–Kier alpha value is -2.14. The number of phenolic OH excluding ortho intramolecular Hbond substituents is 1. The molecule has 3 rings (SSSR count). The van der Waals surface area contributed by atoms with E-state index in [1.165, 1.54) is 21.6 Å². The number of benzene rings is 2. The number of carbonyl (C=O) groups is 1. The van der Waals surface area contributed by atoms with Gasteiger partial charge in [-0.25, -0.2) is 0 Å². The highest BCUT2D eigenvalue weighted by atomic mass is 32.2. The van der Waals surface area contributed by atoms with Crippen LogP contribution in [0.1, 0.15) is 16.7 Å². The van der Waals surface area contributed by atoms with E-state index in [1.54, 1.807) is 23.9 Å². The predicted octanol–water partition coefficient (Wildman–Crippen LogP) is 3.76. The number of aryl methyl sites for hydroxylation is 3. The maximum atomic E-state index is 12.6. The van der Waals surface area contributed by atoms with E-state index in [-0.39, 0.29) is 11.7 Å². The summed E-state index contributed by atoms with van der Waals surface area (Å²) in [7, 11) is 0. The van der Waals surface area contributed by atoms with Crippen LogP contribution in [0.15, 0.2) is 41.3 Å². The minimum atomic E-state index is 0.208. The first-order chi connectivity index (χ1) is 12.4. The highest BCUT2D eigenvalue weighted by molar-refractivity contribution is 8.00. The largest absolute Gasteiger partial charge is 0.508 e. The van der Waals surface area contributed by atoms with Crippen LogP contribution in [0, 0.1) is 20.8 Å². The Balaban J connectivity index is 1.53. The number of aromatic hydroxyl groups is 1. The molecule has 4 nitrogen and oxygen atoms in total. The van der Waals surface area contributed by atoms with Gasteiger partial charge in [-0.1, -0.05) is 17.7 Å². The highest BCUT2D eigenvalue weighted by Gasteiger charge is 2.21. The minimum Gasteiger partial charge on any atom is -0.508 e. The topological polar surface area (TPSA) is 43.8 Å². The average Bonchev–Trinajstić information content (AvgIpc) is 2.61. The Morgan fingerprint density at radius 1 is 1.00 bits per heavy atom. The van der Waals surface area contributed by atoms with Gasteiger partial charge in [0.2, 0.25) is 5.91 Å². The second-order valence-electron chi connectivity index (χ2n) is 6.90. The molecule has 1 aliphatic rings. The van der Waals surface area contributed by atoms with Crippen molar-refractivity contribution in [3.05, 3.63) is 53.1 Å². The predicted molar refractivity (Wildman–Crippen MR) is 108 cm³/mol. The van der Waals surface area contributed by atoms with Crippen molar-refractivity contribution in [2.45, 2.75) is 25.7 Å². The van der Waals surface area contributed by atoms with Gasteiger partial charge in [0.15, 0.2) is 0 Å². The standard InChI is InChI=1S/C21H26N2O2S/c1-15-12-16(2)21(17(3)13-15)26-14-20(25)23-10-8-22(9-11-23)18-4-6-19(24)7-5-18/h4-7,12-13,24H,8-11,14H2,1-3H3. The van der Waals surface area contributed by atoms with E-state index < -0.39 is 0 Å². The lowest BCUT2D eigenvalue weighted by atomic mass is 10.1. The molecular formula is C21H26N2O2S. The van der Waals surface area contributed by atoms with E-state index in [9.17, 15) is 9.90 Å². The summed E-state index contributed by atoms with van der Waals surface area (Å²) in [4.78, 5) is 18.0. The van der Waals surface area contributed by atoms with Gasteiger partial charge in [-0.15, -0.1) is 11.8 Å². The van der Waals surface area contributed by atoms with E-state index in [0.717, 1.165) is 31.9 Å². The minimum absolute atomic E-state index is 0.208. The number of carbonyl (C=O) groups excluding carboxylic acids is 1. The van der Waals surface area contributed by atoms with Gasteiger partial charge in [-0.3, -0.25) is 4.79 Å². The molecule has 0 unspecified atom stereocenters. The number of anilines is 1. The number of amides is 1. The lowest BCUT2D eigenvalue weighted by Gasteiger charge is -2.36. The summed E-state index contributed by atoms with van der Waals surface area (Å²) < 4.78 is 0. The van der Waals surface area contributed by atoms with E-state index in [4.69, 9.17) is 0 Å². The summed E-state index contributed by atoms with van der Waals surface area (Å²) in [5.74, 6) is 0.977. The Morgan fingerprint density at radius 2 is 1.58 bits per heavy atom. The number of hydrogen-bond acceptors (Lipinski definition) is 4. The summed E-state index contributed by atoms with van der Waals surface area (Å²) in [5.41, 5.74) is 4.85.